The van der Waals surface area contributed by atoms with Crippen LogP contribution in [-0.2, 0) is 27.2 Å². The summed E-state index contributed by atoms with van der Waals surface area (Å²) in [7, 11) is 1.10. The molecule has 3 amide bonds. The van der Waals surface area contributed by atoms with E-state index in [0.29, 0.717) is 20.5 Å². The van der Waals surface area contributed by atoms with E-state index >= 15 is 0 Å². The zero-order chi connectivity index (χ0) is 33.0. The van der Waals surface area contributed by atoms with Crippen LogP contribution in [0.5, 0.6) is 0 Å². The van der Waals surface area contributed by atoms with E-state index in [2.05, 4.69) is 5.32 Å². The lowest BCUT2D eigenvalue weighted by molar-refractivity contribution is -0.184. The van der Waals surface area contributed by atoms with E-state index < -0.39 is 47.5 Å². The summed E-state index contributed by atoms with van der Waals surface area (Å²) >= 11 is 12.2. The predicted octanol–water partition coefficient (Wildman–Crippen LogP) is 4.06. The zero-order valence-electron chi connectivity index (χ0n) is 24.9. The van der Waals surface area contributed by atoms with E-state index in [1.54, 1.807) is 30.0 Å². The molecule has 8 nitrogen and oxygen atoms in total. The minimum absolute atomic E-state index is 0.0954. The molecule has 14 heteroatoms. The third kappa shape index (κ3) is 9.53. The lowest BCUT2D eigenvalue weighted by Gasteiger charge is -2.45. The van der Waals surface area contributed by atoms with Gasteiger partial charge < -0.3 is 20.9 Å². The average Bonchev–Trinajstić information content (AvgIpc) is 2.93. The van der Waals surface area contributed by atoms with Crippen LogP contribution in [0.3, 0.4) is 0 Å². The number of nitrogens with one attached hydrogen (secondary N) is 1. The van der Waals surface area contributed by atoms with E-state index in [4.69, 9.17) is 28.9 Å². The second kappa shape index (κ2) is 14.4. The van der Waals surface area contributed by atoms with E-state index in [-0.39, 0.29) is 44.9 Å². The van der Waals surface area contributed by atoms with Crippen molar-refractivity contribution in [2.45, 2.75) is 63.5 Å². The van der Waals surface area contributed by atoms with Crippen molar-refractivity contribution in [1.29, 1.82) is 0 Å². The van der Waals surface area contributed by atoms with Gasteiger partial charge in [-0.25, -0.2) is 4.39 Å². The number of carbonyl (C=O) groups excluding carboxylic acids is 3. The highest BCUT2D eigenvalue weighted by Gasteiger charge is 2.43. The maximum Gasteiger partial charge on any atom is 0.471 e. The summed E-state index contributed by atoms with van der Waals surface area (Å²) < 4.78 is 53.1. The second-order valence-electron chi connectivity index (χ2n) is 11.7. The van der Waals surface area contributed by atoms with Crippen LogP contribution in [0.1, 0.15) is 31.9 Å². The largest absolute Gasteiger partial charge is 0.471 e. The molecular formula is C30H37Cl2F4N5O3. The van der Waals surface area contributed by atoms with Crippen LogP contribution in [-0.4, -0.2) is 95.5 Å². The molecule has 242 valence electrons. The Labute approximate surface area is 264 Å². The molecule has 0 radical (unpaired) electrons. The first-order chi connectivity index (χ1) is 20.4. The highest BCUT2D eigenvalue weighted by Crippen LogP contribution is 2.26. The third-order valence-corrected chi connectivity index (χ3v) is 8.27. The Morgan fingerprint density at radius 2 is 1.64 bits per heavy atom. The Morgan fingerprint density at radius 1 is 1.02 bits per heavy atom. The van der Waals surface area contributed by atoms with Crippen molar-refractivity contribution in [2.24, 2.45) is 5.73 Å². The molecule has 2 aromatic carbocycles. The number of alkyl halides is 3. The number of piperazine rings is 1. The Bertz CT molecular complexity index is 1340. The molecule has 3 atom stereocenters. The first-order valence-electron chi connectivity index (χ1n) is 14.0. The predicted molar refractivity (Wildman–Crippen MR) is 161 cm³/mol. The van der Waals surface area contributed by atoms with Crippen molar-refractivity contribution in [3.8, 4) is 0 Å². The molecule has 0 saturated carbocycles. The number of likely N-dealkylation sites (N-methyl/N-ethyl adjacent to an activating group) is 1. The van der Waals surface area contributed by atoms with Gasteiger partial charge in [0.15, 0.2) is 0 Å². The van der Waals surface area contributed by atoms with Crippen LogP contribution >= 0.6 is 23.2 Å². The van der Waals surface area contributed by atoms with E-state index in [9.17, 15) is 31.9 Å². The number of benzene rings is 2. The highest BCUT2D eigenvalue weighted by molar-refractivity contribution is 6.42. The van der Waals surface area contributed by atoms with E-state index in [0.717, 1.165) is 12.6 Å². The van der Waals surface area contributed by atoms with Crippen LogP contribution in [0.15, 0.2) is 42.5 Å². The summed E-state index contributed by atoms with van der Waals surface area (Å²) in [6.45, 7) is 5.37. The highest BCUT2D eigenvalue weighted by atomic mass is 35.5. The molecule has 0 spiro atoms. The maximum absolute atomic E-state index is 13.8. The minimum Gasteiger partial charge on any atom is -0.342 e. The number of nitrogens with two attached hydrogens (primary N) is 1. The molecule has 2 aromatic rings. The normalized spacial score (nSPS) is 17.6. The molecule has 1 heterocycles. The van der Waals surface area contributed by atoms with E-state index in [1.165, 1.54) is 38.1 Å². The molecule has 1 fully saturated rings. The van der Waals surface area contributed by atoms with Gasteiger partial charge in [-0.05, 0) is 62.6 Å². The fraction of sp³-hybridized carbons (Fsp3) is 0.500. The van der Waals surface area contributed by atoms with Gasteiger partial charge >= 0.3 is 12.1 Å². The van der Waals surface area contributed by atoms with Gasteiger partial charge in [0.1, 0.15) is 11.9 Å². The van der Waals surface area contributed by atoms with Gasteiger partial charge in [0.2, 0.25) is 11.8 Å². The first-order valence-corrected chi connectivity index (χ1v) is 14.8. The van der Waals surface area contributed by atoms with Crippen LogP contribution in [0.4, 0.5) is 17.6 Å². The molecule has 3 unspecified atom stereocenters. The standard InChI is InChI=1S/C30H37Cl2F4N5O3/c1-18-16-40(22(17-39(4)28(44)30(34,35)36)13-20-7-10-23(31)24(32)14-20)11-12-41(18)26(42)25(38-27(43)29(2,3)37)15-19-5-8-21(33)9-6-19/h5-10,14,18,22,25H,11-13,15-17,37H2,1-4H3,(H,38,43). The van der Waals surface area contributed by atoms with Crippen LogP contribution < -0.4 is 11.1 Å². The number of rotatable bonds is 10. The molecule has 3 N–H and O–H groups in total. The van der Waals surface area contributed by atoms with Gasteiger partial charge in [0.25, 0.3) is 0 Å². The molecule has 0 aliphatic carbocycles. The molecule has 44 heavy (non-hydrogen) atoms. The van der Waals surface area contributed by atoms with Crippen molar-refractivity contribution in [1.82, 2.24) is 20.0 Å². The summed E-state index contributed by atoms with van der Waals surface area (Å²) in [5, 5.41) is 3.35. The quantitative estimate of drug-likeness (QED) is 0.374. The van der Waals surface area contributed by atoms with Crippen molar-refractivity contribution >= 4 is 40.9 Å². The van der Waals surface area contributed by atoms with Crippen molar-refractivity contribution < 1.29 is 31.9 Å². The van der Waals surface area contributed by atoms with Gasteiger partial charge in [0.05, 0.1) is 15.6 Å². The van der Waals surface area contributed by atoms with Crippen LogP contribution in [0, 0.1) is 5.82 Å². The van der Waals surface area contributed by atoms with Crippen molar-refractivity contribution in [3.05, 3.63) is 69.5 Å². The number of carbonyl (C=O) groups is 3. The SMILES string of the molecule is CC1CN(C(Cc2ccc(Cl)c(Cl)c2)CN(C)C(=O)C(F)(F)F)CCN1C(=O)C(Cc1ccc(F)cc1)NC(=O)C(C)(C)N. The molecule has 0 bridgehead atoms. The Kier molecular flexibility index (Phi) is 11.7. The summed E-state index contributed by atoms with van der Waals surface area (Å²) in [6, 6.07) is 8.59. The van der Waals surface area contributed by atoms with Gasteiger partial charge in [-0.2, -0.15) is 13.2 Å². The third-order valence-electron chi connectivity index (χ3n) is 7.53. The summed E-state index contributed by atoms with van der Waals surface area (Å²) in [5.41, 5.74) is 6.05. The Hall–Kier alpha value is -2.93. The van der Waals surface area contributed by atoms with Crippen molar-refractivity contribution in [3.63, 3.8) is 0 Å². The Morgan fingerprint density at radius 3 is 2.18 bits per heavy atom. The first kappa shape index (κ1) is 35.5. The molecule has 1 aliphatic rings. The number of hydrogen-bond acceptors (Lipinski definition) is 5. The Balaban J connectivity index is 1.82. The fourth-order valence-corrected chi connectivity index (χ4v) is 5.43. The average molecular weight is 663 g/mol. The van der Waals surface area contributed by atoms with E-state index in [1.807, 2.05) is 4.90 Å². The number of hydrogen-bond donors (Lipinski definition) is 2. The van der Waals surface area contributed by atoms with Gasteiger partial charge in [-0.15, -0.1) is 0 Å². The topological polar surface area (TPSA) is 99.0 Å². The zero-order valence-corrected chi connectivity index (χ0v) is 26.4. The van der Waals surface area contributed by atoms with Gasteiger partial charge in [0, 0.05) is 51.7 Å². The summed E-state index contributed by atoms with van der Waals surface area (Å²) in [5.74, 6) is -3.31. The van der Waals surface area contributed by atoms with Crippen LogP contribution in [0.25, 0.3) is 0 Å². The molecule has 0 aromatic heterocycles. The minimum atomic E-state index is -5.02. The smallest absolute Gasteiger partial charge is 0.342 e. The lowest BCUT2D eigenvalue weighted by atomic mass is 9.99. The number of halogens is 6. The molecule has 1 saturated heterocycles. The molecule has 3 rings (SSSR count). The fourth-order valence-electron chi connectivity index (χ4n) is 5.11. The monoisotopic (exact) mass is 661 g/mol. The van der Waals surface area contributed by atoms with Crippen LogP contribution in [0.2, 0.25) is 10.0 Å². The van der Waals surface area contributed by atoms with Gasteiger partial charge in [-0.3, -0.25) is 19.3 Å². The molecular weight excluding hydrogens is 625 g/mol. The molecule has 1 aliphatic heterocycles. The van der Waals surface area contributed by atoms with Gasteiger partial charge in [-0.1, -0.05) is 41.4 Å². The maximum atomic E-state index is 13.8. The summed E-state index contributed by atoms with van der Waals surface area (Å²) in [4.78, 5) is 42.8. The number of amides is 3. The lowest BCUT2D eigenvalue weighted by Crippen LogP contribution is -2.63. The summed E-state index contributed by atoms with van der Waals surface area (Å²) in [6.07, 6.45) is -4.66. The van der Waals surface area contributed by atoms with Crippen molar-refractivity contribution in [2.75, 3.05) is 33.2 Å². The number of nitrogens with zero attached hydrogens (tertiary/aromatic N) is 3. The second-order valence-corrected chi connectivity index (χ2v) is 12.6.